The Bertz CT molecular complexity index is 1410. The van der Waals surface area contributed by atoms with Gasteiger partial charge in [-0.3, -0.25) is 23.9 Å². The van der Waals surface area contributed by atoms with E-state index in [0.717, 1.165) is 57.2 Å². The van der Waals surface area contributed by atoms with Crippen LogP contribution >= 0.6 is 0 Å². The minimum absolute atomic E-state index is 0.101. The number of aliphatic imine (C=N–C) groups is 1. The summed E-state index contributed by atoms with van der Waals surface area (Å²) in [5.41, 5.74) is 8.57. The second-order valence-corrected chi connectivity index (χ2v) is 8.46. The first-order valence-corrected chi connectivity index (χ1v) is 10.9. The summed E-state index contributed by atoms with van der Waals surface area (Å²) in [6.45, 7) is 3.72. The van der Waals surface area contributed by atoms with Gasteiger partial charge in [0.1, 0.15) is 5.65 Å². The van der Waals surface area contributed by atoms with Gasteiger partial charge in [-0.2, -0.15) is 5.10 Å². The first kappa shape index (κ1) is 18.9. The van der Waals surface area contributed by atoms with Crippen molar-refractivity contribution in [3.63, 3.8) is 0 Å². The van der Waals surface area contributed by atoms with Gasteiger partial charge in [0.15, 0.2) is 0 Å². The first-order chi connectivity index (χ1) is 15.6. The molecule has 0 aromatic carbocycles. The third-order valence-corrected chi connectivity index (χ3v) is 6.28. The molecule has 0 aliphatic carbocycles. The van der Waals surface area contributed by atoms with Crippen LogP contribution in [0.4, 0.5) is 0 Å². The molecule has 2 aliphatic rings. The maximum Gasteiger partial charge on any atom is 0.222 e. The Morgan fingerprint density at radius 3 is 2.94 bits per heavy atom. The molecule has 4 aromatic rings. The van der Waals surface area contributed by atoms with Gasteiger partial charge in [-0.1, -0.05) is 6.07 Å². The van der Waals surface area contributed by atoms with E-state index < -0.39 is 0 Å². The molecule has 8 heteroatoms. The van der Waals surface area contributed by atoms with Gasteiger partial charge in [0, 0.05) is 55.3 Å². The minimum Gasteiger partial charge on any atom is -0.340 e. The number of nitrogens with zero attached hydrogens (tertiary/aromatic N) is 7. The van der Waals surface area contributed by atoms with Crippen LogP contribution in [-0.2, 0) is 24.4 Å². The van der Waals surface area contributed by atoms with Crippen LogP contribution in [0.25, 0.3) is 16.9 Å². The lowest BCUT2D eigenvalue weighted by atomic mass is 10.0. The molecule has 4 bridgehead atoms. The van der Waals surface area contributed by atoms with Crippen molar-refractivity contribution in [2.45, 2.75) is 39.4 Å². The summed E-state index contributed by atoms with van der Waals surface area (Å²) in [7, 11) is 1.84. The summed E-state index contributed by atoms with van der Waals surface area (Å²) in [5.74, 6) is 0.101. The van der Waals surface area contributed by atoms with Crippen molar-refractivity contribution in [1.29, 1.82) is 0 Å². The number of hydrogen-bond donors (Lipinski definition) is 0. The Balaban J connectivity index is 1.58. The Hall–Kier alpha value is -3.81. The number of imidazole rings is 1. The van der Waals surface area contributed by atoms with E-state index in [0.29, 0.717) is 26.1 Å². The van der Waals surface area contributed by atoms with Crippen LogP contribution in [0, 0.1) is 6.92 Å². The molecule has 160 valence electrons. The van der Waals surface area contributed by atoms with E-state index in [-0.39, 0.29) is 5.91 Å². The Labute approximate surface area is 185 Å². The van der Waals surface area contributed by atoms with Gasteiger partial charge in [-0.25, -0.2) is 4.98 Å². The average Bonchev–Trinajstić information content (AvgIpc) is 3.46. The number of pyridine rings is 2. The van der Waals surface area contributed by atoms with Crippen molar-refractivity contribution >= 4 is 17.3 Å². The lowest BCUT2D eigenvalue weighted by Gasteiger charge is -2.17. The quantitative estimate of drug-likeness (QED) is 0.434. The van der Waals surface area contributed by atoms with E-state index in [1.54, 1.807) is 4.90 Å². The van der Waals surface area contributed by atoms with E-state index in [1.165, 1.54) is 0 Å². The Morgan fingerprint density at radius 1 is 1.12 bits per heavy atom. The van der Waals surface area contributed by atoms with Gasteiger partial charge in [0.05, 0.1) is 41.6 Å². The van der Waals surface area contributed by atoms with Crippen LogP contribution in [0.15, 0.2) is 47.8 Å². The molecule has 32 heavy (non-hydrogen) atoms. The highest BCUT2D eigenvalue weighted by atomic mass is 16.2. The third kappa shape index (κ3) is 2.94. The highest BCUT2D eigenvalue weighted by Crippen LogP contribution is 2.31. The van der Waals surface area contributed by atoms with Crippen LogP contribution in [0.5, 0.6) is 0 Å². The highest BCUT2D eigenvalue weighted by molar-refractivity contribution is 6.15. The molecule has 0 fully saturated rings. The summed E-state index contributed by atoms with van der Waals surface area (Å²) in [6.07, 6.45) is 7.15. The zero-order chi connectivity index (χ0) is 21.8. The lowest BCUT2D eigenvalue weighted by molar-refractivity contribution is -0.130. The molecule has 0 saturated carbocycles. The van der Waals surface area contributed by atoms with Gasteiger partial charge in [-0.05, 0) is 31.5 Å². The maximum absolute atomic E-state index is 12.8. The number of carbonyl (C=O) groups is 1. The number of aryl methyl sites for hydroxylation is 2. The van der Waals surface area contributed by atoms with E-state index in [1.807, 2.05) is 55.4 Å². The van der Waals surface area contributed by atoms with Gasteiger partial charge in [0.2, 0.25) is 5.91 Å². The number of fused-ring (bicyclic) bond motifs is 8. The SMILES string of the molecule is Cc1nn2cc1C1=NCc3ncc(cc31)-c1c(nc3ccccn13)CN(C)C(=O)CCC2. The largest absolute Gasteiger partial charge is 0.340 e. The van der Waals surface area contributed by atoms with Gasteiger partial charge in [0.25, 0.3) is 0 Å². The number of amides is 1. The maximum atomic E-state index is 12.8. The second-order valence-electron chi connectivity index (χ2n) is 8.46. The fraction of sp³-hybridized carbons (Fsp3) is 0.292. The van der Waals surface area contributed by atoms with Crippen molar-refractivity contribution < 1.29 is 4.79 Å². The van der Waals surface area contributed by atoms with E-state index in [2.05, 4.69) is 15.6 Å². The van der Waals surface area contributed by atoms with Gasteiger partial charge < -0.3 is 4.90 Å². The summed E-state index contributed by atoms with van der Waals surface area (Å²) in [5, 5.41) is 4.67. The van der Waals surface area contributed by atoms with Crippen LogP contribution in [-0.4, -0.2) is 47.7 Å². The van der Waals surface area contributed by atoms with Crippen LogP contribution in [0.1, 0.15) is 41.1 Å². The van der Waals surface area contributed by atoms with Crippen LogP contribution < -0.4 is 0 Å². The molecule has 0 atom stereocenters. The van der Waals surface area contributed by atoms with E-state index >= 15 is 0 Å². The molecule has 0 spiro atoms. The Kier molecular flexibility index (Phi) is 4.21. The molecule has 8 nitrogen and oxygen atoms in total. The topological polar surface area (TPSA) is 80.7 Å². The molecule has 4 aromatic heterocycles. The predicted octanol–water partition coefficient (Wildman–Crippen LogP) is 3.00. The summed E-state index contributed by atoms with van der Waals surface area (Å²) in [6, 6.07) is 8.11. The lowest BCUT2D eigenvalue weighted by Crippen LogP contribution is -2.26. The highest BCUT2D eigenvalue weighted by Gasteiger charge is 2.25. The molecule has 0 radical (unpaired) electrons. The van der Waals surface area contributed by atoms with Crippen molar-refractivity contribution in [3.8, 4) is 11.3 Å². The van der Waals surface area contributed by atoms with E-state index in [4.69, 9.17) is 15.0 Å². The monoisotopic (exact) mass is 425 g/mol. The average molecular weight is 425 g/mol. The Morgan fingerprint density at radius 2 is 2.03 bits per heavy atom. The molecular weight excluding hydrogens is 402 g/mol. The molecule has 0 N–H and O–H groups in total. The van der Waals surface area contributed by atoms with Crippen LogP contribution in [0.2, 0.25) is 0 Å². The number of hydrogen-bond acceptors (Lipinski definition) is 5. The van der Waals surface area contributed by atoms with Gasteiger partial charge in [-0.15, -0.1) is 0 Å². The minimum atomic E-state index is 0.101. The normalized spacial score (nSPS) is 16.0. The zero-order valence-corrected chi connectivity index (χ0v) is 18.1. The van der Waals surface area contributed by atoms with Crippen molar-refractivity contribution in [2.75, 3.05) is 7.05 Å². The molecule has 2 aliphatic heterocycles. The second kappa shape index (κ2) is 7.12. The molecule has 1 amide bonds. The molecule has 6 heterocycles. The number of carbonyl (C=O) groups excluding carboxylic acids is 1. The summed E-state index contributed by atoms with van der Waals surface area (Å²) in [4.78, 5) is 29.0. The first-order valence-electron chi connectivity index (χ1n) is 10.9. The van der Waals surface area contributed by atoms with E-state index in [9.17, 15) is 4.79 Å². The smallest absolute Gasteiger partial charge is 0.222 e. The molecular formula is C24H23N7O. The summed E-state index contributed by atoms with van der Waals surface area (Å²) >= 11 is 0. The number of rotatable bonds is 0. The molecule has 0 saturated heterocycles. The van der Waals surface area contributed by atoms with Gasteiger partial charge >= 0.3 is 0 Å². The standard InChI is InChI=1S/C24H23N7O/c1-15-18-13-30(28-15)8-5-7-22(32)29(2)14-20-24(31-9-4-3-6-21(31)27-20)16-10-17-19(25-11-16)12-26-23(17)18/h3-4,6,9-11,13H,5,7-8,12,14H2,1-2H3. The van der Waals surface area contributed by atoms with Crippen LogP contribution in [0.3, 0.4) is 0 Å². The molecule has 6 rings (SSSR count). The summed E-state index contributed by atoms with van der Waals surface area (Å²) < 4.78 is 4.00. The zero-order valence-electron chi connectivity index (χ0n) is 18.1. The number of aromatic nitrogens is 5. The fourth-order valence-corrected chi connectivity index (χ4v) is 4.64. The predicted molar refractivity (Wildman–Crippen MR) is 120 cm³/mol. The van der Waals surface area contributed by atoms with Crippen molar-refractivity contribution in [1.82, 2.24) is 29.0 Å². The molecule has 0 unspecified atom stereocenters. The third-order valence-electron chi connectivity index (χ3n) is 6.28. The fourth-order valence-electron chi connectivity index (χ4n) is 4.64. The van der Waals surface area contributed by atoms with Crippen molar-refractivity contribution in [3.05, 3.63) is 71.1 Å². The van der Waals surface area contributed by atoms with Crippen molar-refractivity contribution in [2.24, 2.45) is 4.99 Å².